The molecule has 2 rings (SSSR count). The predicted octanol–water partition coefficient (Wildman–Crippen LogP) is 3.22. The van der Waals surface area contributed by atoms with E-state index in [0.29, 0.717) is 12.1 Å². The summed E-state index contributed by atoms with van der Waals surface area (Å²) in [7, 11) is 0. The van der Waals surface area contributed by atoms with E-state index in [0.717, 1.165) is 12.3 Å². The van der Waals surface area contributed by atoms with E-state index in [1.807, 2.05) is 0 Å². The van der Waals surface area contributed by atoms with E-state index < -0.39 is 4.92 Å². The molecule has 5 nitrogen and oxygen atoms in total. The van der Waals surface area contributed by atoms with Gasteiger partial charge in [-0.3, -0.25) is 14.9 Å². The second kappa shape index (κ2) is 7.76. The summed E-state index contributed by atoms with van der Waals surface area (Å²) in [5.74, 6) is 0.688. The number of nitro groups is 1. The van der Waals surface area contributed by atoms with Gasteiger partial charge in [0.05, 0.1) is 11.3 Å². The fourth-order valence-electron chi connectivity index (χ4n) is 2.99. The van der Waals surface area contributed by atoms with Gasteiger partial charge < -0.3 is 5.32 Å². The Balaban J connectivity index is 1.73. The number of nitrogens with zero attached hydrogens (tertiary/aromatic N) is 1. The molecule has 1 N–H and O–H groups in total. The molecule has 1 aromatic rings. The molecule has 0 aromatic heterocycles. The fourth-order valence-corrected chi connectivity index (χ4v) is 2.99. The number of carbonyl (C=O) groups excluding carboxylic acids is 1. The molecule has 0 spiro atoms. The highest BCUT2D eigenvalue weighted by Gasteiger charge is 2.16. The second-order valence-electron chi connectivity index (χ2n) is 5.71. The molecule has 0 heterocycles. The molecule has 5 heteroatoms. The number of hydrogen-bond acceptors (Lipinski definition) is 3. The molecule has 0 bridgehead atoms. The minimum absolute atomic E-state index is 0.0126. The number of para-hydroxylation sites is 1. The maximum Gasteiger partial charge on any atom is 0.273 e. The SMILES string of the molecule is O=C(Cc1ccccc1[N+](=O)[O-])NCCCC1CCCC1. The van der Waals surface area contributed by atoms with E-state index in [9.17, 15) is 14.9 Å². The van der Waals surface area contributed by atoms with Gasteiger partial charge in [-0.2, -0.15) is 0 Å². The number of hydrogen-bond donors (Lipinski definition) is 1. The Bertz CT molecular complexity index is 496. The van der Waals surface area contributed by atoms with Gasteiger partial charge in [0, 0.05) is 18.2 Å². The van der Waals surface area contributed by atoms with Crippen LogP contribution in [0.2, 0.25) is 0 Å². The van der Waals surface area contributed by atoms with Crippen LogP contribution in [0.3, 0.4) is 0 Å². The first kappa shape index (κ1) is 15.5. The highest BCUT2D eigenvalue weighted by Crippen LogP contribution is 2.28. The van der Waals surface area contributed by atoms with Gasteiger partial charge in [0.2, 0.25) is 5.91 Å². The molecule has 1 aromatic carbocycles. The quantitative estimate of drug-likeness (QED) is 0.476. The molecular weight excluding hydrogens is 268 g/mol. The highest BCUT2D eigenvalue weighted by atomic mass is 16.6. The zero-order chi connectivity index (χ0) is 15.1. The lowest BCUT2D eigenvalue weighted by Gasteiger charge is -2.09. The van der Waals surface area contributed by atoms with Gasteiger partial charge in [-0.1, -0.05) is 43.9 Å². The second-order valence-corrected chi connectivity index (χ2v) is 5.71. The molecule has 0 saturated heterocycles. The Kier molecular flexibility index (Phi) is 5.72. The summed E-state index contributed by atoms with van der Waals surface area (Å²) in [5.41, 5.74) is 0.481. The average Bonchev–Trinajstić information content (AvgIpc) is 2.97. The third kappa shape index (κ3) is 4.85. The monoisotopic (exact) mass is 290 g/mol. The number of benzene rings is 1. The van der Waals surface area contributed by atoms with E-state index in [1.165, 1.54) is 38.2 Å². The Morgan fingerprint density at radius 2 is 2.00 bits per heavy atom. The summed E-state index contributed by atoms with van der Waals surface area (Å²) in [6.45, 7) is 0.663. The van der Waals surface area contributed by atoms with Crippen molar-refractivity contribution in [2.45, 2.75) is 44.9 Å². The molecule has 1 fully saturated rings. The minimum atomic E-state index is -0.442. The van der Waals surface area contributed by atoms with E-state index >= 15 is 0 Å². The van der Waals surface area contributed by atoms with Crippen LogP contribution in [0, 0.1) is 16.0 Å². The van der Waals surface area contributed by atoms with Gasteiger partial charge in [-0.05, 0) is 18.8 Å². The molecule has 0 aliphatic heterocycles. The molecule has 1 aliphatic rings. The topological polar surface area (TPSA) is 72.2 Å². The van der Waals surface area contributed by atoms with E-state index in [2.05, 4.69) is 5.32 Å². The summed E-state index contributed by atoms with van der Waals surface area (Å²) in [5, 5.41) is 13.7. The smallest absolute Gasteiger partial charge is 0.273 e. The van der Waals surface area contributed by atoms with Crippen molar-refractivity contribution in [1.82, 2.24) is 5.32 Å². The van der Waals surface area contributed by atoms with Crippen molar-refractivity contribution in [3.05, 3.63) is 39.9 Å². The van der Waals surface area contributed by atoms with Gasteiger partial charge in [-0.25, -0.2) is 0 Å². The summed E-state index contributed by atoms with van der Waals surface area (Å²) in [6, 6.07) is 6.40. The van der Waals surface area contributed by atoms with E-state index in [-0.39, 0.29) is 18.0 Å². The summed E-state index contributed by atoms with van der Waals surface area (Å²) in [4.78, 5) is 22.3. The van der Waals surface area contributed by atoms with Crippen molar-refractivity contribution in [3.63, 3.8) is 0 Å². The molecule has 114 valence electrons. The average molecular weight is 290 g/mol. The lowest BCUT2D eigenvalue weighted by molar-refractivity contribution is -0.385. The lowest BCUT2D eigenvalue weighted by atomic mass is 10.0. The number of nitro benzene ring substituents is 1. The standard InChI is InChI=1S/C16H22N2O3/c19-16(17-11-5-8-13-6-1-2-7-13)12-14-9-3-4-10-15(14)18(20)21/h3-4,9-10,13H,1-2,5-8,11-12H2,(H,17,19). The van der Waals surface area contributed by atoms with Crippen molar-refractivity contribution in [1.29, 1.82) is 0 Å². The predicted molar refractivity (Wildman–Crippen MR) is 81.0 cm³/mol. The number of amides is 1. The zero-order valence-corrected chi connectivity index (χ0v) is 12.2. The molecule has 0 radical (unpaired) electrons. The zero-order valence-electron chi connectivity index (χ0n) is 12.2. The first-order valence-corrected chi connectivity index (χ1v) is 7.66. The third-order valence-corrected chi connectivity index (χ3v) is 4.13. The first-order chi connectivity index (χ1) is 10.2. The largest absolute Gasteiger partial charge is 0.356 e. The number of rotatable bonds is 7. The van der Waals surface area contributed by atoms with Crippen LogP contribution in [0.5, 0.6) is 0 Å². The molecule has 0 unspecified atom stereocenters. The van der Waals surface area contributed by atoms with Gasteiger partial charge in [0.1, 0.15) is 0 Å². The van der Waals surface area contributed by atoms with Crippen LogP contribution in [-0.2, 0) is 11.2 Å². The van der Waals surface area contributed by atoms with Crippen molar-refractivity contribution in [2.75, 3.05) is 6.54 Å². The Hall–Kier alpha value is -1.91. The fraction of sp³-hybridized carbons (Fsp3) is 0.562. The van der Waals surface area contributed by atoms with Crippen LogP contribution >= 0.6 is 0 Å². The maximum atomic E-state index is 11.8. The van der Waals surface area contributed by atoms with Crippen LogP contribution < -0.4 is 5.32 Å². The third-order valence-electron chi connectivity index (χ3n) is 4.13. The van der Waals surface area contributed by atoms with Gasteiger partial charge in [0.15, 0.2) is 0 Å². The van der Waals surface area contributed by atoms with E-state index in [1.54, 1.807) is 18.2 Å². The van der Waals surface area contributed by atoms with Gasteiger partial charge >= 0.3 is 0 Å². The van der Waals surface area contributed by atoms with Gasteiger partial charge in [-0.15, -0.1) is 0 Å². The Morgan fingerprint density at radius 1 is 1.29 bits per heavy atom. The van der Waals surface area contributed by atoms with Crippen molar-refractivity contribution in [3.8, 4) is 0 Å². The summed E-state index contributed by atoms with van der Waals surface area (Å²) < 4.78 is 0. The van der Waals surface area contributed by atoms with Gasteiger partial charge in [0.25, 0.3) is 5.69 Å². The number of nitrogens with one attached hydrogen (secondary N) is 1. The summed E-state index contributed by atoms with van der Waals surface area (Å²) in [6.07, 6.45) is 7.57. The van der Waals surface area contributed by atoms with Crippen molar-refractivity contribution >= 4 is 11.6 Å². The molecule has 21 heavy (non-hydrogen) atoms. The maximum absolute atomic E-state index is 11.8. The summed E-state index contributed by atoms with van der Waals surface area (Å²) >= 11 is 0. The van der Waals surface area contributed by atoms with Crippen LogP contribution in [0.25, 0.3) is 0 Å². The highest BCUT2D eigenvalue weighted by molar-refractivity contribution is 5.79. The lowest BCUT2D eigenvalue weighted by Crippen LogP contribution is -2.26. The Morgan fingerprint density at radius 3 is 2.71 bits per heavy atom. The molecule has 1 saturated carbocycles. The van der Waals surface area contributed by atoms with Crippen LogP contribution in [0.4, 0.5) is 5.69 Å². The number of carbonyl (C=O) groups is 1. The van der Waals surface area contributed by atoms with Crippen molar-refractivity contribution < 1.29 is 9.72 Å². The molecular formula is C16H22N2O3. The molecule has 1 aliphatic carbocycles. The minimum Gasteiger partial charge on any atom is -0.356 e. The van der Waals surface area contributed by atoms with Crippen LogP contribution in [-0.4, -0.2) is 17.4 Å². The van der Waals surface area contributed by atoms with E-state index in [4.69, 9.17) is 0 Å². The van der Waals surface area contributed by atoms with Crippen LogP contribution in [0.15, 0.2) is 24.3 Å². The normalized spacial score (nSPS) is 15.0. The van der Waals surface area contributed by atoms with Crippen molar-refractivity contribution in [2.24, 2.45) is 5.92 Å². The molecule has 1 amide bonds. The van der Waals surface area contributed by atoms with Crippen LogP contribution in [0.1, 0.15) is 44.1 Å². The Labute approximate surface area is 124 Å². The first-order valence-electron chi connectivity index (χ1n) is 7.66. The molecule has 0 atom stereocenters.